The van der Waals surface area contributed by atoms with Crippen LogP contribution in [-0.4, -0.2) is 24.8 Å². The Balaban J connectivity index is 1.93. The van der Waals surface area contributed by atoms with Gasteiger partial charge in [-0.2, -0.15) is 11.3 Å². The molecule has 3 heteroatoms. The molecule has 2 nitrogen and oxygen atoms in total. The van der Waals surface area contributed by atoms with E-state index in [4.69, 9.17) is 4.74 Å². The predicted molar refractivity (Wildman–Crippen MR) is 82.9 cm³/mol. The maximum Gasteiger partial charge on any atom is 0.0806 e. The average Bonchev–Trinajstić information content (AvgIpc) is 2.92. The minimum Gasteiger partial charge on any atom is -0.374 e. The first-order valence-electron chi connectivity index (χ1n) is 7.63. The van der Waals surface area contributed by atoms with Gasteiger partial charge in [-0.3, -0.25) is 0 Å². The van der Waals surface area contributed by atoms with E-state index in [2.05, 4.69) is 36.0 Å². The number of thiophene rings is 1. The second-order valence-corrected chi connectivity index (χ2v) is 6.58. The van der Waals surface area contributed by atoms with Gasteiger partial charge in [-0.25, -0.2) is 0 Å². The lowest BCUT2D eigenvalue weighted by Gasteiger charge is -2.41. The molecule has 2 rings (SSSR count). The molecule has 0 amide bonds. The van der Waals surface area contributed by atoms with Crippen LogP contribution in [0.3, 0.4) is 0 Å². The molecule has 2 atom stereocenters. The summed E-state index contributed by atoms with van der Waals surface area (Å²) in [6, 6.07) is 2.72. The Morgan fingerprint density at radius 1 is 1.47 bits per heavy atom. The summed E-state index contributed by atoms with van der Waals surface area (Å²) >= 11 is 1.79. The van der Waals surface area contributed by atoms with Crippen LogP contribution in [-0.2, 0) is 11.2 Å². The molecule has 1 N–H and O–H groups in total. The van der Waals surface area contributed by atoms with Crippen LogP contribution < -0.4 is 5.32 Å². The Labute approximate surface area is 121 Å². The van der Waals surface area contributed by atoms with Gasteiger partial charge in [0.2, 0.25) is 0 Å². The van der Waals surface area contributed by atoms with Crippen LogP contribution in [0.4, 0.5) is 0 Å². The number of ether oxygens (including phenoxy) is 1. The van der Waals surface area contributed by atoms with Gasteiger partial charge in [-0.05, 0) is 74.4 Å². The number of nitrogens with one attached hydrogen (secondary N) is 1. The largest absolute Gasteiger partial charge is 0.374 e. The molecule has 0 radical (unpaired) electrons. The van der Waals surface area contributed by atoms with Crippen molar-refractivity contribution >= 4 is 11.3 Å². The van der Waals surface area contributed by atoms with E-state index in [0.717, 1.165) is 19.6 Å². The molecule has 2 unspecified atom stereocenters. The molecule has 19 heavy (non-hydrogen) atoms. The van der Waals surface area contributed by atoms with E-state index >= 15 is 0 Å². The molecule has 1 aliphatic heterocycles. The summed E-state index contributed by atoms with van der Waals surface area (Å²) in [5.41, 5.74) is 1.50. The van der Waals surface area contributed by atoms with E-state index in [1.54, 1.807) is 11.3 Å². The third kappa shape index (κ3) is 4.30. The van der Waals surface area contributed by atoms with E-state index in [-0.39, 0.29) is 5.60 Å². The van der Waals surface area contributed by atoms with Crippen molar-refractivity contribution in [1.82, 2.24) is 5.32 Å². The van der Waals surface area contributed by atoms with Crippen LogP contribution >= 0.6 is 11.3 Å². The molecule has 0 aliphatic carbocycles. The smallest absolute Gasteiger partial charge is 0.0806 e. The molecule has 0 aromatic carbocycles. The zero-order valence-corrected chi connectivity index (χ0v) is 13.1. The second-order valence-electron chi connectivity index (χ2n) is 5.80. The maximum absolute atomic E-state index is 6.13. The number of rotatable bonds is 7. The van der Waals surface area contributed by atoms with Gasteiger partial charge < -0.3 is 10.1 Å². The summed E-state index contributed by atoms with van der Waals surface area (Å²) < 4.78 is 6.13. The molecule has 0 bridgehead atoms. The van der Waals surface area contributed by atoms with Crippen molar-refractivity contribution in [2.24, 2.45) is 0 Å². The Morgan fingerprint density at radius 2 is 2.37 bits per heavy atom. The highest BCUT2D eigenvalue weighted by molar-refractivity contribution is 7.07. The third-order valence-electron chi connectivity index (χ3n) is 4.18. The molecule has 1 saturated heterocycles. The van der Waals surface area contributed by atoms with Gasteiger partial charge in [0.15, 0.2) is 0 Å². The second kappa shape index (κ2) is 7.41. The van der Waals surface area contributed by atoms with E-state index in [1.165, 1.54) is 37.7 Å². The standard InChI is InChI=1S/C16H27NOS/c1-3-10-17-15(7-6-14-8-12-19-13-14)16(2)9-4-5-11-18-16/h8,12-13,15,17H,3-7,9-11H2,1-2H3. The van der Waals surface area contributed by atoms with Gasteiger partial charge in [0.1, 0.15) is 0 Å². The lowest BCUT2D eigenvalue weighted by atomic mass is 9.85. The molecular formula is C16H27NOS. The zero-order chi connectivity index (χ0) is 13.6. The van der Waals surface area contributed by atoms with Crippen LogP contribution in [0.1, 0.15) is 51.5 Å². The lowest BCUT2D eigenvalue weighted by molar-refractivity contribution is -0.0899. The minimum absolute atomic E-state index is 0.0312. The normalized spacial score (nSPS) is 25.4. The summed E-state index contributed by atoms with van der Waals surface area (Å²) in [4.78, 5) is 0. The van der Waals surface area contributed by atoms with Crippen molar-refractivity contribution < 1.29 is 4.74 Å². The van der Waals surface area contributed by atoms with Crippen molar-refractivity contribution in [2.45, 2.75) is 64.0 Å². The molecule has 2 heterocycles. The van der Waals surface area contributed by atoms with Gasteiger partial charge in [-0.1, -0.05) is 6.92 Å². The Morgan fingerprint density at radius 3 is 3.00 bits per heavy atom. The maximum atomic E-state index is 6.13. The monoisotopic (exact) mass is 281 g/mol. The first-order chi connectivity index (χ1) is 9.24. The first-order valence-corrected chi connectivity index (χ1v) is 8.57. The van der Waals surface area contributed by atoms with E-state index in [0.29, 0.717) is 6.04 Å². The van der Waals surface area contributed by atoms with Crippen molar-refractivity contribution in [3.63, 3.8) is 0 Å². The molecule has 1 aromatic rings. The van der Waals surface area contributed by atoms with Gasteiger partial charge in [0, 0.05) is 12.6 Å². The number of hydrogen-bond donors (Lipinski definition) is 1. The van der Waals surface area contributed by atoms with Crippen LogP contribution in [0, 0.1) is 0 Å². The highest BCUT2D eigenvalue weighted by atomic mass is 32.1. The fourth-order valence-corrected chi connectivity index (χ4v) is 3.62. The SMILES string of the molecule is CCCNC(CCc1ccsc1)C1(C)CCCCO1. The quantitative estimate of drug-likeness (QED) is 0.815. The molecule has 108 valence electrons. The highest BCUT2D eigenvalue weighted by Crippen LogP contribution is 2.30. The summed E-state index contributed by atoms with van der Waals surface area (Å²) in [7, 11) is 0. The molecule has 1 aliphatic rings. The van der Waals surface area contributed by atoms with Crippen LogP contribution in [0.25, 0.3) is 0 Å². The molecular weight excluding hydrogens is 254 g/mol. The summed E-state index contributed by atoms with van der Waals surface area (Å²) in [5.74, 6) is 0. The van der Waals surface area contributed by atoms with E-state index < -0.39 is 0 Å². The summed E-state index contributed by atoms with van der Waals surface area (Å²) in [6.45, 7) is 6.55. The Bertz CT molecular complexity index is 344. The predicted octanol–water partition coefficient (Wildman–Crippen LogP) is 4.01. The van der Waals surface area contributed by atoms with E-state index in [1.807, 2.05) is 0 Å². The summed E-state index contributed by atoms with van der Waals surface area (Å²) in [5, 5.41) is 8.15. The van der Waals surface area contributed by atoms with Crippen LogP contribution in [0.5, 0.6) is 0 Å². The average molecular weight is 281 g/mol. The zero-order valence-electron chi connectivity index (χ0n) is 12.3. The number of hydrogen-bond acceptors (Lipinski definition) is 3. The topological polar surface area (TPSA) is 21.3 Å². The molecule has 1 fully saturated rings. The lowest BCUT2D eigenvalue weighted by Crippen LogP contribution is -2.52. The fourth-order valence-electron chi connectivity index (χ4n) is 2.92. The molecule has 0 saturated carbocycles. The van der Waals surface area contributed by atoms with E-state index in [9.17, 15) is 0 Å². The van der Waals surface area contributed by atoms with Crippen molar-refractivity contribution in [2.75, 3.05) is 13.2 Å². The summed E-state index contributed by atoms with van der Waals surface area (Å²) in [6.07, 6.45) is 7.24. The van der Waals surface area contributed by atoms with Crippen LogP contribution in [0.2, 0.25) is 0 Å². The van der Waals surface area contributed by atoms with Gasteiger partial charge in [0.25, 0.3) is 0 Å². The van der Waals surface area contributed by atoms with Crippen molar-refractivity contribution in [3.8, 4) is 0 Å². The van der Waals surface area contributed by atoms with Gasteiger partial charge in [-0.15, -0.1) is 0 Å². The Kier molecular flexibility index (Phi) is 5.86. The van der Waals surface area contributed by atoms with Gasteiger partial charge >= 0.3 is 0 Å². The molecule has 0 spiro atoms. The van der Waals surface area contributed by atoms with Crippen molar-refractivity contribution in [3.05, 3.63) is 22.4 Å². The number of aryl methyl sites for hydroxylation is 1. The molecule has 1 aromatic heterocycles. The van der Waals surface area contributed by atoms with Crippen LogP contribution in [0.15, 0.2) is 16.8 Å². The third-order valence-corrected chi connectivity index (χ3v) is 4.91. The fraction of sp³-hybridized carbons (Fsp3) is 0.750. The van der Waals surface area contributed by atoms with Gasteiger partial charge in [0.05, 0.1) is 5.60 Å². The highest BCUT2D eigenvalue weighted by Gasteiger charge is 2.36. The Hall–Kier alpha value is -0.380. The minimum atomic E-state index is 0.0312. The van der Waals surface area contributed by atoms with Crippen molar-refractivity contribution in [1.29, 1.82) is 0 Å². The first kappa shape index (κ1) is 15.0.